The van der Waals surface area contributed by atoms with E-state index in [1.807, 2.05) is 0 Å². The summed E-state index contributed by atoms with van der Waals surface area (Å²) in [7, 11) is -3.65. The zero-order valence-electron chi connectivity index (χ0n) is 20.4. The summed E-state index contributed by atoms with van der Waals surface area (Å²) in [6.07, 6.45) is 0.963. The van der Waals surface area contributed by atoms with Gasteiger partial charge in [-0.2, -0.15) is 4.31 Å². The number of nitrogens with zero attached hydrogens (tertiary/aromatic N) is 2. The largest absolute Gasteiger partial charge is 0.497 e. The van der Waals surface area contributed by atoms with Crippen molar-refractivity contribution >= 4 is 37.3 Å². The van der Waals surface area contributed by atoms with E-state index in [2.05, 4.69) is 5.32 Å². The monoisotopic (exact) mass is 543 g/mol. The third kappa shape index (κ3) is 6.19. The molecule has 0 aromatic heterocycles. The smallest absolute Gasteiger partial charge is 0.246 e. The molecule has 3 rings (SSSR count). The van der Waals surface area contributed by atoms with Gasteiger partial charge in [0, 0.05) is 24.8 Å². The van der Waals surface area contributed by atoms with E-state index >= 15 is 0 Å². The molecule has 0 saturated carbocycles. The molecule has 0 atom stereocenters. The highest BCUT2D eigenvalue weighted by atomic mass is 32.2. The first kappa shape index (κ1) is 27.5. The number of ether oxygens (including phenoxy) is 4. The van der Waals surface area contributed by atoms with Crippen LogP contribution in [0.5, 0.6) is 17.2 Å². The Morgan fingerprint density at radius 1 is 0.972 bits per heavy atom. The van der Waals surface area contributed by atoms with E-state index in [9.17, 15) is 21.6 Å². The Bertz CT molecular complexity index is 1310. The Hall–Kier alpha value is -3.07. The van der Waals surface area contributed by atoms with Gasteiger partial charge in [-0.05, 0) is 30.3 Å². The number of anilines is 2. The minimum Gasteiger partial charge on any atom is -0.497 e. The van der Waals surface area contributed by atoms with E-state index in [4.69, 9.17) is 18.9 Å². The molecule has 0 radical (unpaired) electrons. The Kier molecular flexibility index (Phi) is 8.66. The van der Waals surface area contributed by atoms with E-state index in [1.165, 1.54) is 56.0 Å². The second-order valence-corrected chi connectivity index (χ2v) is 11.6. The fourth-order valence-electron chi connectivity index (χ4n) is 3.59. The van der Waals surface area contributed by atoms with Gasteiger partial charge in [-0.25, -0.2) is 16.8 Å². The summed E-state index contributed by atoms with van der Waals surface area (Å²) in [6, 6.07) is 8.67. The average molecular weight is 544 g/mol. The van der Waals surface area contributed by atoms with Gasteiger partial charge in [0.05, 0.1) is 46.5 Å². The van der Waals surface area contributed by atoms with Crippen molar-refractivity contribution in [2.45, 2.75) is 4.90 Å². The topological polar surface area (TPSA) is 141 Å². The number of benzene rings is 2. The van der Waals surface area contributed by atoms with Crippen LogP contribution in [-0.4, -0.2) is 87.5 Å². The molecule has 36 heavy (non-hydrogen) atoms. The Morgan fingerprint density at radius 2 is 1.64 bits per heavy atom. The van der Waals surface area contributed by atoms with Crippen LogP contribution in [0.4, 0.5) is 11.4 Å². The van der Waals surface area contributed by atoms with Gasteiger partial charge >= 0.3 is 0 Å². The third-order valence-electron chi connectivity index (χ3n) is 5.38. The fraction of sp³-hybridized carbons (Fsp3) is 0.409. The van der Waals surface area contributed by atoms with Crippen molar-refractivity contribution in [1.82, 2.24) is 4.31 Å². The lowest BCUT2D eigenvalue weighted by atomic mass is 10.2. The average Bonchev–Trinajstić information content (AvgIpc) is 2.86. The van der Waals surface area contributed by atoms with E-state index < -0.39 is 32.5 Å². The van der Waals surface area contributed by atoms with Crippen LogP contribution in [0, 0.1) is 0 Å². The molecule has 2 aromatic rings. The molecule has 14 heteroatoms. The molecule has 1 fully saturated rings. The molecular weight excluding hydrogens is 514 g/mol. The minimum absolute atomic E-state index is 0.111. The van der Waals surface area contributed by atoms with Crippen molar-refractivity contribution in [1.29, 1.82) is 0 Å². The van der Waals surface area contributed by atoms with Gasteiger partial charge < -0.3 is 24.3 Å². The lowest BCUT2D eigenvalue weighted by Crippen LogP contribution is -2.40. The zero-order chi connectivity index (χ0) is 26.5. The summed E-state index contributed by atoms with van der Waals surface area (Å²) in [5.74, 6) is 0.0510. The molecule has 1 saturated heterocycles. The van der Waals surface area contributed by atoms with E-state index in [1.54, 1.807) is 6.07 Å². The highest BCUT2D eigenvalue weighted by Crippen LogP contribution is 2.34. The summed E-state index contributed by atoms with van der Waals surface area (Å²) in [5.41, 5.74) is 0.295. The number of hydrogen-bond donors (Lipinski definition) is 1. The summed E-state index contributed by atoms with van der Waals surface area (Å²) >= 11 is 0. The van der Waals surface area contributed by atoms with Gasteiger partial charge in [-0.3, -0.25) is 9.10 Å². The Labute approximate surface area is 210 Å². The summed E-state index contributed by atoms with van der Waals surface area (Å²) in [6.45, 7) is 0.339. The predicted octanol–water partition coefficient (Wildman–Crippen LogP) is 1.14. The molecule has 1 aliphatic rings. The van der Waals surface area contributed by atoms with Gasteiger partial charge in [0.25, 0.3) is 0 Å². The maximum atomic E-state index is 13.2. The number of amides is 1. The second kappa shape index (κ2) is 11.3. The van der Waals surface area contributed by atoms with Crippen molar-refractivity contribution in [3.05, 3.63) is 36.4 Å². The molecule has 0 spiro atoms. The molecule has 1 aliphatic heterocycles. The molecule has 0 bridgehead atoms. The van der Waals surface area contributed by atoms with E-state index in [0.717, 1.165) is 10.6 Å². The fourth-order valence-corrected chi connectivity index (χ4v) is 6.03. The van der Waals surface area contributed by atoms with Crippen molar-refractivity contribution in [2.75, 3.05) is 70.1 Å². The molecule has 2 aromatic carbocycles. The SMILES string of the molecule is COc1ccc(N(CC(=O)Nc2ccc(OC)c(S(=O)(=O)N3CCOCC3)c2)S(C)(=O)=O)c(OC)c1. The van der Waals surface area contributed by atoms with Crippen LogP contribution in [0.2, 0.25) is 0 Å². The number of sulfonamides is 2. The number of methoxy groups -OCH3 is 3. The number of rotatable bonds is 10. The molecule has 0 unspecified atom stereocenters. The van der Waals surface area contributed by atoms with Gasteiger partial charge in [0.15, 0.2) is 0 Å². The Morgan fingerprint density at radius 3 is 2.22 bits per heavy atom. The highest BCUT2D eigenvalue weighted by Gasteiger charge is 2.30. The van der Waals surface area contributed by atoms with Gasteiger partial charge in [-0.15, -0.1) is 0 Å². The van der Waals surface area contributed by atoms with Crippen molar-refractivity contribution < 1.29 is 40.6 Å². The van der Waals surface area contributed by atoms with Gasteiger partial charge in [0.1, 0.15) is 28.7 Å². The molecule has 1 heterocycles. The van der Waals surface area contributed by atoms with Crippen LogP contribution in [0.3, 0.4) is 0 Å². The van der Waals surface area contributed by atoms with Crippen LogP contribution in [0.15, 0.2) is 41.3 Å². The molecule has 0 aliphatic carbocycles. The molecule has 12 nitrogen and oxygen atoms in total. The van der Waals surface area contributed by atoms with E-state index in [-0.39, 0.29) is 54.1 Å². The number of carbonyl (C=O) groups excluding carboxylic acids is 1. The number of nitrogens with one attached hydrogen (secondary N) is 1. The maximum Gasteiger partial charge on any atom is 0.246 e. The lowest BCUT2D eigenvalue weighted by molar-refractivity contribution is -0.114. The molecule has 1 amide bonds. The van der Waals surface area contributed by atoms with Crippen LogP contribution < -0.4 is 23.8 Å². The standard InChI is InChI=1S/C22H29N3O9S2/c1-31-17-6-7-18(20(14-17)33-3)25(35(4,27)28)15-22(26)23-16-5-8-19(32-2)21(13-16)36(29,30)24-9-11-34-12-10-24/h5-8,13-14H,9-12,15H2,1-4H3,(H,23,26). The zero-order valence-corrected chi connectivity index (χ0v) is 22.0. The first-order chi connectivity index (χ1) is 17.0. The highest BCUT2D eigenvalue weighted by molar-refractivity contribution is 7.92. The Balaban J connectivity index is 1.88. The van der Waals surface area contributed by atoms with Crippen molar-refractivity contribution in [2.24, 2.45) is 0 Å². The molecule has 1 N–H and O–H groups in total. The first-order valence-electron chi connectivity index (χ1n) is 10.8. The summed E-state index contributed by atoms with van der Waals surface area (Å²) in [5, 5.41) is 2.57. The number of morpholine rings is 1. The van der Waals surface area contributed by atoms with Gasteiger partial charge in [-0.1, -0.05) is 0 Å². The first-order valence-corrected chi connectivity index (χ1v) is 14.1. The van der Waals surface area contributed by atoms with Crippen LogP contribution in [0.25, 0.3) is 0 Å². The third-order valence-corrected chi connectivity index (χ3v) is 8.42. The molecule has 198 valence electrons. The number of carbonyl (C=O) groups is 1. The van der Waals surface area contributed by atoms with Crippen LogP contribution in [0.1, 0.15) is 0 Å². The van der Waals surface area contributed by atoms with Gasteiger partial charge in [0.2, 0.25) is 26.0 Å². The number of hydrogen-bond acceptors (Lipinski definition) is 9. The minimum atomic E-state index is -3.93. The summed E-state index contributed by atoms with van der Waals surface area (Å²) in [4.78, 5) is 12.8. The van der Waals surface area contributed by atoms with Crippen LogP contribution in [-0.2, 0) is 29.6 Å². The van der Waals surface area contributed by atoms with Crippen molar-refractivity contribution in [3.8, 4) is 17.2 Å². The maximum absolute atomic E-state index is 13.2. The second-order valence-electron chi connectivity index (χ2n) is 7.74. The van der Waals surface area contributed by atoms with Crippen LogP contribution >= 0.6 is 0 Å². The normalized spacial score (nSPS) is 14.7. The van der Waals surface area contributed by atoms with Crippen molar-refractivity contribution in [3.63, 3.8) is 0 Å². The predicted molar refractivity (Wildman–Crippen MR) is 133 cm³/mol. The quantitative estimate of drug-likeness (QED) is 0.467. The molecular formula is C22H29N3O9S2. The lowest BCUT2D eigenvalue weighted by Gasteiger charge is -2.27. The van der Waals surface area contributed by atoms with E-state index in [0.29, 0.717) is 5.75 Å². The summed E-state index contributed by atoms with van der Waals surface area (Å²) < 4.78 is 74.5.